The van der Waals surface area contributed by atoms with Crippen LogP contribution in [-0.2, 0) is 0 Å². The van der Waals surface area contributed by atoms with Crippen molar-refractivity contribution in [3.63, 3.8) is 0 Å². The van der Waals surface area contributed by atoms with Gasteiger partial charge in [0.25, 0.3) is 0 Å². The Labute approximate surface area is 66.0 Å². The van der Waals surface area contributed by atoms with Gasteiger partial charge in [-0.2, -0.15) is 0 Å². The topological polar surface area (TPSA) is 80.9 Å². The fraction of sp³-hybridized carbons (Fsp3) is 0. The fourth-order valence-electron chi connectivity index (χ4n) is 0. The fourth-order valence-corrected chi connectivity index (χ4v) is 0. The standard InChI is InChI=1S/C2H3.Na.H4O4Si/c1-2;;1-5(2,3)4/h1H,2H2;;1-4H. The van der Waals surface area contributed by atoms with Crippen LogP contribution < -0.4 is 0 Å². The third-order valence-electron chi connectivity index (χ3n) is 0. The molecular weight excluding hydrogens is 139 g/mol. The van der Waals surface area contributed by atoms with Crippen molar-refractivity contribution in [1.82, 2.24) is 0 Å². The Morgan fingerprint density at radius 1 is 1.25 bits per heavy atom. The molecule has 0 aromatic carbocycles. The van der Waals surface area contributed by atoms with Gasteiger partial charge in [-0.3, -0.25) is 0 Å². The summed E-state index contributed by atoms with van der Waals surface area (Å²) in [6.45, 7) is 3.42. The summed E-state index contributed by atoms with van der Waals surface area (Å²) in [5, 5.41) is 0. The molecule has 0 fully saturated rings. The Balaban J connectivity index is 0. The quantitative estimate of drug-likeness (QED) is 0.289. The Bertz CT molecular complexity index is 53.5. The van der Waals surface area contributed by atoms with E-state index in [1.807, 2.05) is 3.33 Å². The maximum Gasteiger partial charge on any atom is 0.668 e. The minimum atomic E-state index is -4.61. The molecule has 44 valence electrons. The molecule has 0 atom stereocenters. The van der Waals surface area contributed by atoms with E-state index in [4.69, 9.17) is 19.2 Å². The molecule has 0 saturated heterocycles. The molecule has 4 nitrogen and oxygen atoms in total. The van der Waals surface area contributed by atoms with Crippen LogP contribution in [0.25, 0.3) is 0 Å². The SMILES string of the molecule is C=[CH][Na].O[Si](O)(O)O. The molecule has 8 heavy (non-hydrogen) atoms. The van der Waals surface area contributed by atoms with Crippen LogP contribution in [0.2, 0.25) is 0 Å². The molecule has 0 spiro atoms. The van der Waals surface area contributed by atoms with Gasteiger partial charge >= 0.3 is 46.9 Å². The van der Waals surface area contributed by atoms with Gasteiger partial charge in [-0.1, -0.05) is 0 Å². The van der Waals surface area contributed by atoms with Crippen molar-refractivity contribution in [3.05, 3.63) is 9.90 Å². The maximum atomic E-state index is 7.33. The van der Waals surface area contributed by atoms with Crippen LogP contribution in [0, 0.1) is 0 Å². The average molecular weight is 146 g/mol. The van der Waals surface area contributed by atoms with Crippen molar-refractivity contribution in [3.8, 4) is 0 Å². The summed E-state index contributed by atoms with van der Waals surface area (Å²) in [7, 11) is -4.61. The van der Waals surface area contributed by atoms with Gasteiger partial charge in [0.15, 0.2) is 0 Å². The smallest absolute Gasteiger partial charge is 0.368 e. The third-order valence-corrected chi connectivity index (χ3v) is 0. The zero-order chi connectivity index (χ0) is 7.21. The molecular formula is C2H7NaO4Si. The van der Waals surface area contributed by atoms with Gasteiger partial charge in [0.05, 0.1) is 0 Å². The van der Waals surface area contributed by atoms with Crippen LogP contribution in [0.3, 0.4) is 0 Å². The summed E-state index contributed by atoms with van der Waals surface area (Å²) < 4.78 is 1.89. The Morgan fingerprint density at radius 2 is 1.25 bits per heavy atom. The average Bonchev–Trinajstić information content (AvgIpc) is 1.27. The second-order valence-corrected chi connectivity index (χ2v) is 3.02. The zero-order valence-corrected chi connectivity index (χ0v) is 7.57. The Morgan fingerprint density at radius 3 is 1.25 bits per heavy atom. The van der Waals surface area contributed by atoms with E-state index >= 15 is 0 Å². The van der Waals surface area contributed by atoms with Gasteiger partial charge in [-0.05, 0) is 0 Å². The van der Waals surface area contributed by atoms with E-state index in [0.29, 0.717) is 0 Å². The van der Waals surface area contributed by atoms with Crippen LogP contribution in [-0.4, -0.2) is 56.2 Å². The Kier molecular flexibility index (Phi) is 8.57. The largest absolute Gasteiger partial charge is 0.668 e. The van der Waals surface area contributed by atoms with E-state index in [1.54, 1.807) is 0 Å². The van der Waals surface area contributed by atoms with E-state index in [1.165, 1.54) is 0 Å². The predicted octanol–water partition coefficient (Wildman–Crippen LogP) is -2.31. The van der Waals surface area contributed by atoms with Gasteiger partial charge in [0.2, 0.25) is 0 Å². The first-order valence-electron chi connectivity index (χ1n) is 1.88. The van der Waals surface area contributed by atoms with Crippen LogP contribution in [0.1, 0.15) is 0 Å². The van der Waals surface area contributed by atoms with Crippen molar-refractivity contribution in [1.29, 1.82) is 0 Å². The summed E-state index contributed by atoms with van der Waals surface area (Å²) in [5.41, 5.74) is 0. The minimum Gasteiger partial charge on any atom is -0.368 e. The molecule has 0 saturated carbocycles. The van der Waals surface area contributed by atoms with Crippen molar-refractivity contribution in [2.24, 2.45) is 0 Å². The number of hydrogen-bond acceptors (Lipinski definition) is 4. The Hall–Kier alpha value is 0.797. The second kappa shape index (κ2) is 5.93. The van der Waals surface area contributed by atoms with E-state index in [-0.39, 0.29) is 0 Å². The normalized spacial score (nSPS) is 9.25. The van der Waals surface area contributed by atoms with Crippen LogP contribution in [0.15, 0.2) is 9.90 Å². The van der Waals surface area contributed by atoms with Crippen molar-refractivity contribution in [2.45, 2.75) is 0 Å². The van der Waals surface area contributed by atoms with Gasteiger partial charge in [-0.25, -0.2) is 0 Å². The van der Waals surface area contributed by atoms with Crippen LogP contribution >= 0.6 is 0 Å². The molecule has 6 heteroatoms. The molecule has 0 aliphatic heterocycles. The van der Waals surface area contributed by atoms with E-state index in [2.05, 4.69) is 6.58 Å². The van der Waals surface area contributed by atoms with Gasteiger partial charge in [0.1, 0.15) is 0 Å². The van der Waals surface area contributed by atoms with Gasteiger partial charge in [-0.15, -0.1) is 0 Å². The van der Waals surface area contributed by atoms with E-state index in [9.17, 15) is 0 Å². The molecule has 0 heterocycles. The zero-order valence-electron chi connectivity index (χ0n) is 4.57. The minimum absolute atomic E-state index is 1.13. The van der Waals surface area contributed by atoms with Gasteiger partial charge in [0, 0.05) is 0 Å². The molecule has 0 rings (SSSR count). The summed E-state index contributed by atoms with van der Waals surface area (Å²) in [6.07, 6.45) is 0. The van der Waals surface area contributed by atoms with Crippen molar-refractivity contribution >= 4 is 37.0 Å². The molecule has 0 aliphatic carbocycles. The van der Waals surface area contributed by atoms with Crippen molar-refractivity contribution in [2.75, 3.05) is 0 Å². The molecule has 0 aliphatic rings. The molecule has 0 aromatic rings. The van der Waals surface area contributed by atoms with Crippen LogP contribution in [0.5, 0.6) is 0 Å². The maximum absolute atomic E-state index is 7.33. The molecule has 0 aromatic heterocycles. The molecule has 4 N–H and O–H groups in total. The molecule has 0 amide bonds. The van der Waals surface area contributed by atoms with Crippen LogP contribution in [0.4, 0.5) is 0 Å². The van der Waals surface area contributed by atoms with E-state index in [0.717, 1.165) is 27.9 Å². The second-order valence-electron chi connectivity index (χ2n) is 1.01. The first-order valence-corrected chi connectivity index (χ1v) is 4.82. The molecule has 0 unspecified atom stereocenters. The predicted molar refractivity (Wildman–Crippen MR) is 30.6 cm³/mol. The van der Waals surface area contributed by atoms with Gasteiger partial charge < -0.3 is 19.2 Å². The monoisotopic (exact) mass is 146 g/mol. The summed E-state index contributed by atoms with van der Waals surface area (Å²) in [5.74, 6) is 0. The number of rotatable bonds is 0. The molecule has 0 radical (unpaired) electrons. The summed E-state index contributed by atoms with van der Waals surface area (Å²) in [4.78, 5) is 29.3. The summed E-state index contributed by atoms with van der Waals surface area (Å²) >= 11 is 1.13. The van der Waals surface area contributed by atoms with Crippen molar-refractivity contribution < 1.29 is 19.2 Å². The summed E-state index contributed by atoms with van der Waals surface area (Å²) in [6, 6.07) is 0. The number of hydrogen-bond donors (Lipinski definition) is 4. The van der Waals surface area contributed by atoms with E-state index < -0.39 is 9.05 Å². The first kappa shape index (κ1) is 11.6. The first-order chi connectivity index (χ1) is 3.41. The third kappa shape index (κ3) is 360. The molecule has 0 bridgehead atoms.